The number of carbonyl (C=O) groups excluding carboxylic acids is 1. The molecule has 0 radical (unpaired) electrons. The Kier molecular flexibility index (Phi) is 1.50. The Bertz CT molecular complexity index is 192. The summed E-state index contributed by atoms with van der Waals surface area (Å²) in [4.78, 5) is 10.9. The van der Waals surface area contributed by atoms with Gasteiger partial charge in [-0.3, -0.25) is 4.79 Å². The summed E-state index contributed by atoms with van der Waals surface area (Å²) in [6.45, 7) is 3.23. The number of carbonyl (C=O) groups is 1. The maximum Gasteiger partial charge on any atom is 0.141 e. The Morgan fingerprint density at radius 3 is 2.10 bits per heavy atom. The molecule has 0 bridgehead atoms. The molecule has 3 nitrogen and oxygen atoms in total. The van der Waals surface area contributed by atoms with Gasteiger partial charge in [-0.1, -0.05) is 5.16 Å². The molecule has 0 aliphatic heterocycles. The van der Waals surface area contributed by atoms with Gasteiger partial charge in [0.2, 0.25) is 0 Å². The second kappa shape index (κ2) is 2.08. The Labute approximate surface area is 59.7 Å². The van der Waals surface area contributed by atoms with Crippen LogP contribution in [0.5, 0.6) is 0 Å². The maximum absolute atomic E-state index is 10.9. The number of hydrogen-bond donors (Lipinski definition) is 1. The number of hydrogen-bond acceptors (Lipinski definition) is 3. The molecule has 0 aromatic heterocycles. The van der Waals surface area contributed by atoms with Crippen molar-refractivity contribution >= 4 is 11.5 Å². The van der Waals surface area contributed by atoms with Gasteiger partial charge in [0.05, 0.1) is 11.1 Å². The van der Waals surface area contributed by atoms with Crippen LogP contribution in [0.1, 0.15) is 26.7 Å². The van der Waals surface area contributed by atoms with Crippen LogP contribution in [0.3, 0.4) is 0 Å². The van der Waals surface area contributed by atoms with Gasteiger partial charge in [0, 0.05) is 0 Å². The second-order valence-electron chi connectivity index (χ2n) is 2.82. The lowest BCUT2D eigenvalue weighted by Crippen LogP contribution is -2.20. The SMILES string of the molecule is CC(=O)C1(/C(C)=N/O)CC1. The standard InChI is InChI=1S/C7H11NO2/c1-5(8-10)7(3-4-7)6(2)9/h10H,3-4H2,1-2H3/b8-5+. The molecule has 0 saturated heterocycles. The third kappa shape index (κ3) is 0.818. The van der Waals surface area contributed by atoms with Gasteiger partial charge in [-0.15, -0.1) is 0 Å². The van der Waals surface area contributed by atoms with Crippen LogP contribution >= 0.6 is 0 Å². The van der Waals surface area contributed by atoms with Crippen LogP contribution in [0.15, 0.2) is 5.16 Å². The Morgan fingerprint density at radius 2 is 2.00 bits per heavy atom. The van der Waals surface area contributed by atoms with Crippen LogP contribution < -0.4 is 0 Å². The average molecular weight is 141 g/mol. The molecule has 0 amide bonds. The molecule has 0 atom stereocenters. The van der Waals surface area contributed by atoms with Gasteiger partial charge in [-0.25, -0.2) is 0 Å². The van der Waals surface area contributed by atoms with E-state index in [0.717, 1.165) is 12.8 Å². The van der Waals surface area contributed by atoms with Crippen molar-refractivity contribution in [2.45, 2.75) is 26.7 Å². The Balaban J connectivity index is 2.79. The zero-order chi connectivity index (χ0) is 7.78. The zero-order valence-electron chi connectivity index (χ0n) is 6.22. The maximum atomic E-state index is 10.9. The molecular formula is C7H11NO2. The van der Waals surface area contributed by atoms with Crippen molar-refractivity contribution in [2.75, 3.05) is 0 Å². The topological polar surface area (TPSA) is 49.7 Å². The molecule has 0 aromatic rings. The van der Waals surface area contributed by atoms with Gasteiger partial charge in [0.15, 0.2) is 0 Å². The van der Waals surface area contributed by atoms with E-state index in [0.29, 0.717) is 5.71 Å². The largest absolute Gasteiger partial charge is 0.411 e. The zero-order valence-corrected chi connectivity index (χ0v) is 6.22. The van der Waals surface area contributed by atoms with Crippen LogP contribution in [-0.4, -0.2) is 16.7 Å². The minimum absolute atomic E-state index is 0.114. The molecule has 3 heteroatoms. The fourth-order valence-electron chi connectivity index (χ4n) is 1.19. The van der Waals surface area contributed by atoms with Crippen LogP contribution in [0.4, 0.5) is 0 Å². The smallest absolute Gasteiger partial charge is 0.141 e. The first-order chi connectivity index (χ1) is 4.63. The van der Waals surface area contributed by atoms with Gasteiger partial charge in [-0.2, -0.15) is 0 Å². The Morgan fingerprint density at radius 1 is 1.50 bits per heavy atom. The highest BCUT2D eigenvalue weighted by atomic mass is 16.4. The first kappa shape index (κ1) is 7.25. The van der Waals surface area contributed by atoms with Crippen molar-refractivity contribution in [2.24, 2.45) is 10.6 Å². The van der Waals surface area contributed by atoms with Gasteiger partial charge >= 0.3 is 0 Å². The fourth-order valence-corrected chi connectivity index (χ4v) is 1.19. The third-order valence-electron chi connectivity index (χ3n) is 2.27. The highest BCUT2D eigenvalue weighted by molar-refractivity contribution is 6.10. The van der Waals surface area contributed by atoms with Gasteiger partial charge in [0.25, 0.3) is 0 Å². The average Bonchev–Trinajstić information content (AvgIpc) is 2.65. The fraction of sp³-hybridized carbons (Fsp3) is 0.714. The minimum Gasteiger partial charge on any atom is -0.411 e. The number of ketones is 1. The van der Waals surface area contributed by atoms with Crippen molar-refractivity contribution < 1.29 is 10.0 Å². The van der Waals surface area contributed by atoms with Gasteiger partial charge in [0.1, 0.15) is 5.78 Å². The van der Waals surface area contributed by atoms with Crippen molar-refractivity contribution in [1.82, 2.24) is 0 Å². The van der Waals surface area contributed by atoms with E-state index in [-0.39, 0.29) is 11.2 Å². The lowest BCUT2D eigenvalue weighted by molar-refractivity contribution is -0.119. The van der Waals surface area contributed by atoms with E-state index in [1.807, 2.05) is 0 Å². The molecule has 0 heterocycles. The number of nitrogens with zero attached hydrogens (tertiary/aromatic N) is 1. The highest BCUT2D eigenvalue weighted by Gasteiger charge is 2.50. The molecule has 0 aromatic carbocycles. The summed E-state index contributed by atoms with van der Waals surface area (Å²) in [5, 5.41) is 11.4. The first-order valence-electron chi connectivity index (χ1n) is 3.33. The summed E-state index contributed by atoms with van der Waals surface area (Å²) in [7, 11) is 0. The van der Waals surface area contributed by atoms with Crippen LogP contribution in [-0.2, 0) is 4.79 Å². The summed E-state index contributed by atoms with van der Waals surface area (Å²) in [5.74, 6) is 0.114. The summed E-state index contributed by atoms with van der Waals surface area (Å²) < 4.78 is 0. The number of oxime groups is 1. The quantitative estimate of drug-likeness (QED) is 0.357. The molecule has 10 heavy (non-hydrogen) atoms. The molecule has 1 aliphatic rings. The van der Waals surface area contributed by atoms with E-state index in [4.69, 9.17) is 5.21 Å². The first-order valence-corrected chi connectivity index (χ1v) is 3.33. The summed E-state index contributed by atoms with van der Waals surface area (Å²) in [6, 6.07) is 0. The molecule has 0 spiro atoms. The molecule has 1 aliphatic carbocycles. The molecule has 56 valence electrons. The predicted molar refractivity (Wildman–Crippen MR) is 37.2 cm³/mol. The monoisotopic (exact) mass is 141 g/mol. The van der Waals surface area contributed by atoms with Crippen LogP contribution in [0.2, 0.25) is 0 Å². The lowest BCUT2D eigenvalue weighted by atomic mass is 9.97. The van der Waals surface area contributed by atoms with E-state index in [2.05, 4.69) is 5.16 Å². The summed E-state index contributed by atoms with van der Waals surface area (Å²) in [6.07, 6.45) is 1.69. The van der Waals surface area contributed by atoms with Crippen molar-refractivity contribution in [1.29, 1.82) is 0 Å². The van der Waals surface area contributed by atoms with Gasteiger partial charge in [-0.05, 0) is 26.7 Å². The normalized spacial score (nSPS) is 22.4. The number of Topliss-reactive ketones (excluding diaryl/α,β-unsaturated/α-hetero) is 1. The molecular weight excluding hydrogens is 130 g/mol. The van der Waals surface area contributed by atoms with Crippen LogP contribution in [0.25, 0.3) is 0 Å². The molecule has 1 saturated carbocycles. The molecule has 1 N–H and O–H groups in total. The van der Waals surface area contributed by atoms with E-state index in [1.165, 1.54) is 0 Å². The van der Waals surface area contributed by atoms with E-state index < -0.39 is 0 Å². The van der Waals surface area contributed by atoms with E-state index in [9.17, 15) is 4.79 Å². The summed E-state index contributed by atoms with van der Waals surface area (Å²) in [5.41, 5.74) is 0.175. The van der Waals surface area contributed by atoms with Crippen molar-refractivity contribution in [3.8, 4) is 0 Å². The van der Waals surface area contributed by atoms with Crippen LogP contribution in [0, 0.1) is 5.41 Å². The molecule has 1 fully saturated rings. The Hall–Kier alpha value is -0.860. The van der Waals surface area contributed by atoms with Gasteiger partial charge < -0.3 is 5.21 Å². The number of rotatable bonds is 2. The highest BCUT2D eigenvalue weighted by Crippen LogP contribution is 2.47. The molecule has 0 unspecified atom stereocenters. The van der Waals surface area contributed by atoms with E-state index >= 15 is 0 Å². The summed E-state index contributed by atoms with van der Waals surface area (Å²) >= 11 is 0. The van der Waals surface area contributed by atoms with Crippen molar-refractivity contribution in [3.05, 3.63) is 0 Å². The lowest BCUT2D eigenvalue weighted by Gasteiger charge is -2.07. The third-order valence-corrected chi connectivity index (χ3v) is 2.27. The predicted octanol–water partition coefficient (Wildman–Crippen LogP) is 1.21. The minimum atomic E-state index is -0.380. The van der Waals surface area contributed by atoms with E-state index in [1.54, 1.807) is 13.8 Å². The second-order valence-corrected chi connectivity index (χ2v) is 2.82. The van der Waals surface area contributed by atoms with Crippen molar-refractivity contribution in [3.63, 3.8) is 0 Å². The molecule has 1 rings (SSSR count).